The van der Waals surface area contributed by atoms with Gasteiger partial charge in [0.25, 0.3) is 0 Å². The van der Waals surface area contributed by atoms with Crippen molar-refractivity contribution < 1.29 is 4.39 Å². The predicted octanol–water partition coefficient (Wildman–Crippen LogP) is 4.07. The van der Waals surface area contributed by atoms with Crippen molar-refractivity contribution >= 4 is 16.6 Å². The zero-order valence-electron chi connectivity index (χ0n) is 10.5. The smallest absolute Gasteiger partial charge is 0.124 e. The van der Waals surface area contributed by atoms with E-state index in [0.717, 1.165) is 22.3 Å². The van der Waals surface area contributed by atoms with Crippen LogP contribution in [0.5, 0.6) is 0 Å². The van der Waals surface area contributed by atoms with Crippen molar-refractivity contribution in [3.63, 3.8) is 0 Å². The Labute approximate surface area is 106 Å². The lowest BCUT2D eigenvalue weighted by Gasteiger charge is -2.13. The summed E-state index contributed by atoms with van der Waals surface area (Å²) >= 11 is 0. The predicted molar refractivity (Wildman–Crippen MR) is 72.5 cm³/mol. The number of anilines is 1. The van der Waals surface area contributed by atoms with Crippen LogP contribution in [0, 0.1) is 5.82 Å². The summed E-state index contributed by atoms with van der Waals surface area (Å²) in [7, 11) is 1.87. The first-order valence-electron chi connectivity index (χ1n) is 6.56. The molecule has 94 valence electrons. The molecule has 1 aliphatic carbocycles. The van der Waals surface area contributed by atoms with Crippen molar-refractivity contribution in [3.8, 4) is 0 Å². The molecule has 2 aromatic rings. The zero-order chi connectivity index (χ0) is 12.5. The van der Waals surface area contributed by atoms with Crippen molar-refractivity contribution in [2.45, 2.75) is 31.6 Å². The molecule has 1 heterocycles. The van der Waals surface area contributed by atoms with Gasteiger partial charge in [-0.1, -0.05) is 12.8 Å². The van der Waals surface area contributed by atoms with Crippen LogP contribution < -0.4 is 5.32 Å². The maximum atomic E-state index is 13.3. The van der Waals surface area contributed by atoms with E-state index in [1.165, 1.54) is 31.7 Å². The largest absolute Gasteiger partial charge is 0.388 e. The third kappa shape index (κ3) is 1.94. The molecule has 0 unspecified atom stereocenters. The SMILES string of the molecule is CNc1cc(C2CCCC2)nc2ccc(F)cc12. The highest BCUT2D eigenvalue weighted by molar-refractivity contribution is 5.91. The maximum absolute atomic E-state index is 13.3. The summed E-state index contributed by atoms with van der Waals surface area (Å²) in [6.45, 7) is 0. The molecule has 0 aliphatic heterocycles. The van der Waals surface area contributed by atoms with Crippen LogP contribution in [0.2, 0.25) is 0 Å². The van der Waals surface area contributed by atoms with Gasteiger partial charge in [0, 0.05) is 29.7 Å². The normalized spacial score (nSPS) is 16.3. The van der Waals surface area contributed by atoms with Gasteiger partial charge in [-0.2, -0.15) is 0 Å². The van der Waals surface area contributed by atoms with Crippen LogP contribution >= 0.6 is 0 Å². The van der Waals surface area contributed by atoms with Crippen molar-refractivity contribution in [3.05, 3.63) is 35.8 Å². The van der Waals surface area contributed by atoms with Crippen LogP contribution in [-0.4, -0.2) is 12.0 Å². The molecule has 0 amide bonds. The molecule has 0 saturated heterocycles. The number of nitrogens with one attached hydrogen (secondary N) is 1. The Hall–Kier alpha value is -1.64. The standard InChI is InChI=1S/C15H17FN2/c1-17-15-9-14(10-4-2-3-5-10)18-13-7-6-11(16)8-12(13)15/h6-10H,2-5H2,1H3,(H,17,18). The summed E-state index contributed by atoms with van der Waals surface area (Å²) in [5, 5.41) is 4.01. The number of aromatic nitrogens is 1. The third-order valence-corrected chi connectivity index (χ3v) is 3.83. The number of hydrogen-bond acceptors (Lipinski definition) is 2. The van der Waals surface area contributed by atoms with Crippen molar-refractivity contribution in [1.82, 2.24) is 4.98 Å². The highest BCUT2D eigenvalue weighted by Crippen LogP contribution is 2.35. The van der Waals surface area contributed by atoms with Crippen LogP contribution in [0.3, 0.4) is 0 Å². The van der Waals surface area contributed by atoms with Crippen LogP contribution in [-0.2, 0) is 0 Å². The molecule has 1 aromatic carbocycles. The second-order valence-electron chi connectivity index (χ2n) is 4.99. The molecule has 3 heteroatoms. The topological polar surface area (TPSA) is 24.9 Å². The van der Waals surface area contributed by atoms with Crippen LogP contribution in [0.25, 0.3) is 10.9 Å². The van der Waals surface area contributed by atoms with Gasteiger partial charge in [-0.05, 0) is 37.1 Å². The number of pyridine rings is 1. The quantitative estimate of drug-likeness (QED) is 0.861. The Morgan fingerprint density at radius 1 is 1.22 bits per heavy atom. The Morgan fingerprint density at radius 3 is 2.72 bits per heavy atom. The second-order valence-corrected chi connectivity index (χ2v) is 4.99. The molecule has 1 saturated carbocycles. The van der Waals surface area contributed by atoms with Gasteiger partial charge < -0.3 is 5.32 Å². The van der Waals surface area contributed by atoms with Crippen LogP contribution in [0.4, 0.5) is 10.1 Å². The van der Waals surface area contributed by atoms with E-state index in [0.29, 0.717) is 5.92 Å². The molecule has 1 fully saturated rings. The van der Waals surface area contributed by atoms with Gasteiger partial charge in [-0.3, -0.25) is 4.98 Å². The minimum Gasteiger partial charge on any atom is -0.388 e. The summed E-state index contributed by atoms with van der Waals surface area (Å²) < 4.78 is 13.3. The summed E-state index contributed by atoms with van der Waals surface area (Å²) in [6, 6.07) is 6.88. The number of hydrogen-bond donors (Lipinski definition) is 1. The summed E-state index contributed by atoms with van der Waals surface area (Å²) in [5.74, 6) is 0.362. The van der Waals surface area contributed by atoms with Gasteiger partial charge in [0.05, 0.1) is 5.52 Å². The molecule has 1 N–H and O–H groups in total. The fraction of sp³-hybridized carbons (Fsp3) is 0.400. The molecule has 1 aromatic heterocycles. The number of rotatable bonds is 2. The summed E-state index contributed by atoms with van der Waals surface area (Å²) in [6.07, 6.45) is 5.04. The molecule has 0 bridgehead atoms. The van der Waals surface area contributed by atoms with Gasteiger partial charge >= 0.3 is 0 Å². The van der Waals surface area contributed by atoms with Gasteiger partial charge in [-0.15, -0.1) is 0 Å². The lowest BCUT2D eigenvalue weighted by atomic mass is 10.0. The average molecular weight is 244 g/mol. The van der Waals surface area contributed by atoms with Gasteiger partial charge in [0.2, 0.25) is 0 Å². The van der Waals surface area contributed by atoms with Crippen molar-refractivity contribution in [2.75, 3.05) is 12.4 Å². The number of nitrogens with zero attached hydrogens (tertiary/aromatic N) is 1. The minimum absolute atomic E-state index is 0.214. The number of benzene rings is 1. The first-order valence-corrected chi connectivity index (χ1v) is 6.56. The molecular weight excluding hydrogens is 227 g/mol. The Kier molecular flexibility index (Phi) is 2.90. The lowest BCUT2D eigenvalue weighted by Crippen LogP contribution is -2.00. The first-order chi connectivity index (χ1) is 8.78. The molecule has 0 atom stereocenters. The molecular formula is C15H17FN2. The second kappa shape index (κ2) is 4.56. The van der Waals surface area contributed by atoms with E-state index in [1.807, 2.05) is 7.05 Å². The maximum Gasteiger partial charge on any atom is 0.124 e. The fourth-order valence-electron chi connectivity index (χ4n) is 2.86. The van der Waals surface area contributed by atoms with Gasteiger partial charge in [0.1, 0.15) is 5.82 Å². The van der Waals surface area contributed by atoms with Gasteiger partial charge in [-0.25, -0.2) is 4.39 Å². The van der Waals surface area contributed by atoms with E-state index in [4.69, 9.17) is 4.98 Å². The minimum atomic E-state index is -0.214. The van der Waals surface area contributed by atoms with E-state index in [9.17, 15) is 4.39 Å². The van der Waals surface area contributed by atoms with E-state index in [1.54, 1.807) is 12.1 Å². The number of halogens is 1. The van der Waals surface area contributed by atoms with Crippen molar-refractivity contribution in [1.29, 1.82) is 0 Å². The van der Waals surface area contributed by atoms with Crippen LogP contribution in [0.1, 0.15) is 37.3 Å². The highest BCUT2D eigenvalue weighted by atomic mass is 19.1. The van der Waals surface area contributed by atoms with Gasteiger partial charge in [0.15, 0.2) is 0 Å². The fourth-order valence-corrected chi connectivity index (χ4v) is 2.86. The summed E-state index contributed by atoms with van der Waals surface area (Å²) in [4.78, 5) is 4.70. The van der Waals surface area contributed by atoms with Crippen LogP contribution in [0.15, 0.2) is 24.3 Å². The molecule has 3 rings (SSSR count). The highest BCUT2D eigenvalue weighted by Gasteiger charge is 2.19. The van der Waals surface area contributed by atoms with Crippen molar-refractivity contribution in [2.24, 2.45) is 0 Å². The lowest BCUT2D eigenvalue weighted by molar-refractivity contribution is 0.629. The molecule has 2 nitrogen and oxygen atoms in total. The first kappa shape index (κ1) is 11.5. The molecule has 1 aliphatic rings. The molecule has 18 heavy (non-hydrogen) atoms. The summed E-state index contributed by atoms with van der Waals surface area (Å²) in [5.41, 5.74) is 3.00. The van der Waals surface area contributed by atoms with E-state index >= 15 is 0 Å². The Morgan fingerprint density at radius 2 is 2.00 bits per heavy atom. The zero-order valence-corrected chi connectivity index (χ0v) is 10.5. The molecule has 0 radical (unpaired) electrons. The van der Waals surface area contributed by atoms with E-state index in [2.05, 4.69) is 11.4 Å². The average Bonchev–Trinajstić information content (AvgIpc) is 2.91. The monoisotopic (exact) mass is 244 g/mol. The van der Waals surface area contributed by atoms with E-state index < -0.39 is 0 Å². The Balaban J connectivity index is 2.15. The molecule has 0 spiro atoms. The van der Waals surface area contributed by atoms with E-state index in [-0.39, 0.29) is 5.82 Å². The third-order valence-electron chi connectivity index (χ3n) is 3.83. The Bertz CT molecular complexity index is 574. The number of fused-ring (bicyclic) bond motifs is 1.